The van der Waals surface area contributed by atoms with Gasteiger partial charge in [0.2, 0.25) is 0 Å². The third-order valence-corrected chi connectivity index (χ3v) is 5.30. The van der Waals surface area contributed by atoms with Crippen molar-refractivity contribution < 1.29 is 32.6 Å². The van der Waals surface area contributed by atoms with Crippen molar-refractivity contribution in [1.82, 2.24) is 4.90 Å². The molecule has 0 aromatic heterocycles. The minimum Gasteiger partial charge on any atom is -0.465 e. The second-order valence-electron chi connectivity index (χ2n) is 6.78. The number of ether oxygens (including phenoxy) is 1. The van der Waals surface area contributed by atoms with Gasteiger partial charge in [0.25, 0.3) is 0 Å². The van der Waals surface area contributed by atoms with Crippen LogP contribution in [0.4, 0.5) is 23.7 Å². The van der Waals surface area contributed by atoms with Crippen LogP contribution in [0.2, 0.25) is 0 Å². The van der Waals surface area contributed by atoms with Gasteiger partial charge in [0.15, 0.2) is 0 Å². The van der Waals surface area contributed by atoms with Gasteiger partial charge in [0.1, 0.15) is 0 Å². The first kappa shape index (κ1) is 18.3. The van der Waals surface area contributed by atoms with E-state index in [9.17, 15) is 22.8 Å². The molecule has 1 amide bonds. The van der Waals surface area contributed by atoms with E-state index < -0.39 is 23.8 Å². The number of benzene rings is 1. The van der Waals surface area contributed by atoms with Gasteiger partial charge in [-0.3, -0.25) is 0 Å². The molecule has 1 aromatic carbocycles. The van der Waals surface area contributed by atoms with Gasteiger partial charge < -0.3 is 20.1 Å². The average Bonchev–Trinajstić information content (AvgIpc) is 3.24. The molecule has 1 saturated carbocycles. The molecule has 3 rings (SSSR count). The monoisotopic (exact) mass is 372 g/mol. The SMILES string of the molecule is COC(=O)c1ccc(C(F)(F)F)c(NC2CC23CCN(C(=O)O)CC3)c1. The van der Waals surface area contributed by atoms with Crippen molar-refractivity contribution in [3.8, 4) is 0 Å². The van der Waals surface area contributed by atoms with Crippen LogP contribution in [0, 0.1) is 5.41 Å². The maximum Gasteiger partial charge on any atom is 0.418 e. The van der Waals surface area contributed by atoms with Crippen LogP contribution in [0.25, 0.3) is 0 Å². The summed E-state index contributed by atoms with van der Waals surface area (Å²) < 4.78 is 44.4. The van der Waals surface area contributed by atoms with Crippen LogP contribution in [0.1, 0.15) is 35.2 Å². The van der Waals surface area contributed by atoms with E-state index >= 15 is 0 Å². The number of amides is 1. The Morgan fingerprint density at radius 1 is 1.31 bits per heavy atom. The number of likely N-dealkylation sites (tertiary alicyclic amines) is 1. The van der Waals surface area contributed by atoms with Crippen molar-refractivity contribution >= 4 is 17.7 Å². The molecule has 0 bridgehead atoms. The predicted molar refractivity (Wildman–Crippen MR) is 86.1 cm³/mol. The first-order valence-corrected chi connectivity index (χ1v) is 8.20. The molecule has 142 valence electrons. The van der Waals surface area contributed by atoms with Crippen molar-refractivity contribution in [3.63, 3.8) is 0 Å². The van der Waals surface area contributed by atoms with Gasteiger partial charge in [-0.05, 0) is 42.9 Å². The Balaban J connectivity index is 1.77. The summed E-state index contributed by atoms with van der Waals surface area (Å²) in [5.74, 6) is -0.706. The van der Waals surface area contributed by atoms with Gasteiger partial charge in [-0.25, -0.2) is 9.59 Å². The summed E-state index contributed by atoms with van der Waals surface area (Å²) in [4.78, 5) is 23.9. The zero-order valence-corrected chi connectivity index (χ0v) is 14.1. The number of halogens is 3. The molecule has 1 aliphatic carbocycles. The maximum absolute atomic E-state index is 13.3. The Morgan fingerprint density at radius 2 is 1.96 bits per heavy atom. The Kier molecular flexibility index (Phi) is 4.49. The second-order valence-corrected chi connectivity index (χ2v) is 6.78. The smallest absolute Gasteiger partial charge is 0.418 e. The van der Waals surface area contributed by atoms with Crippen molar-refractivity contribution in [2.24, 2.45) is 5.41 Å². The fraction of sp³-hybridized carbons (Fsp3) is 0.529. The number of rotatable bonds is 3. The summed E-state index contributed by atoms with van der Waals surface area (Å²) >= 11 is 0. The molecule has 2 N–H and O–H groups in total. The topological polar surface area (TPSA) is 78.9 Å². The first-order valence-electron chi connectivity index (χ1n) is 8.20. The van der Waals surface area contributed by atoms with Gasteiger partial charge in [-0.1, -0.05) is 0 Å². The van der Waals surface area contributed by atoms with Crippen LogP contribution in [0.3, 0.4) is 0 Å². The highest BCUT2D eigenvalue weighted by molar-refractivity contribution is 5.90. The van der Waals surface area contributed by atoms with E-state index in [4.69, 9.17) is 5.11 Å². The third-order valence-electron chi connectivity index (χ3n) is 5.30. The normalized spacial score (nSPS) is 21.4. The lowest BCUT2D eigenvalue weighted by Crippen LogP contribution is -2.39. The van der Waals surface area contributed by atoms with Gasteiger partial charge in [0.05, 0.1) is 18.2 Å². The summed E-state index contributed by atoms with van der Waals surface area (Å²) in [6, 6.07) is 2.95. The van der Waals surface area contributed by atoms with Crippen molar-refractivity contribution in [2.75, 3.05) is 25.5 Å². The van der Waals surface area contributed by atoms with E-state index in [0.717, 1.165) is 18.2 Å². The van der Waals surface area contributed by atoms with E-state index in [1.54, 1.807) is 0 Å². The van der Waals surface area contributed by atoms with Gasteiger partial charge in [0, 0.05) is 24.8 Å². The van der Waals surface area contributed by atoms with E-state index in [1.165, 1.54) is 12.0 Å². The van der Waals surface area contributed by atoms with Crippen LogP contribution in [-0.2, 0) is 10.9 Å². The number of esters is 1. The van der Waals surface area contributed by atoms with Crippen LogP contribution in [0.5, 0.6) is 0 Å². The number of nitrogens with one attached hydrogen (secondary N) is 1. The summed E-state index contributed by atoms with van der Waals surface area (Å²) in [5, 5.41) is 11.9. The van der Waals surface area contributed by atoms with Crippen LogP contribution < -0.4 is 5.32 Å². The zero-order valence-electron chi connectivity index (χ0n) is 14.1. The lowest BCUT2D eigenvalue weighted by atomic mass is 9.92. The first-order chi connectivity index (χ1) is 12.2. The molecule has 9 heteroatoms. The molecular formula is C17H19F3N2O4. The Labute approximate surface area is 147 Å². The third kappa shape index (κ3) is 3.42. The zero-order chi connectivity index (χ0) is 19.1. The quantitative estimate of drug-likeness (QED) is 0.795. The number of nitrogens with zero attached hydrogens (tertiary/aromatic N) is 1. The van der Waals surface area contributed by atoms with Crippen molar-refractivity contribution in [1.29, 1.82) is 0 Å². The number of hydrogen-bond acceptors (Lipinski definition) is 4. The number of hydrogen-bond donors (Lipinski definition) is 2. The lowest BCUT2D eigenvalue weighted by Gasteiger charge is -2.31. The molecule has 1 heterocycles. The van der Waals surface area contributed by atoms with Crippen LogP contribution in [0.15, 0.2) is 18.2 Å². The molecule has 2 fully saturated rings. The highest BCUT2D eigenvalue weighted by Crippen LogP contribution is 2.55. The van der Waals surface area contributed by atoms with E-state index in [-0.39, 0.29) is 22.7 Å². The molecule has 1 aromatic rings. The molecule has 1 atom stereocenters. The standard InChI is InChI=1S/C17H19F3N2O4/c1-26-14(23)10-2-3-11(17(18,19)20)12(8-10)21-13-9-16(13)4-6-22(7-5-16)15(24)25/h2-3,8,13,21H,4-7,9H2,1H3,(H,24,25). The molecule has 1 unspecified atom stereocenters. The van der Waals surface area contributed by atoms with Gasteiger partial charge in [-0.2, -0.15) is 13.2 Å². The molecule has 2 aliphatic rings. The molecule has 0 radical (unpaired) electrons. The number of piperidine rings is 1. The number of carbonyl (C=O) groups excluding carboxylic acids is 1. The number of carboxylic acid groups (broad SMARTS) is 1. The molecule has 1 spiro atoms. The molecule has 1 saturated heterocycles. The Morgan fingerprint density at radius 3 is 2.50 bits per heavy atom. The van der Waals surface area contributed by atoms with Crippen LogP contribution >= 0.6 is 0 Å². The highest BCUT2D eigenvalue weighted by Gasteiger charge is 2.55. The van der Waals surface area contributed by atoms with E-state index in [1.807, 2.05) is 0 Å². The fourth-order valence-electron chi connectivity index (χ4n) is 3.59. The van der Waals surface area contributed by atoms with Crippen molar-refractivity contribution in [3.05, 3.63) is 29.3 Å². The summed E-state index contributed by atoms with van der Waals surface area (Å²) in [7, 11) is 1.17. The van der Waals surface area contributed by atoms with Crippen molar-refractivity contribution in [2.45, 2.75) is 31.5 Å². The predicted octanol–water partition coefficient (Wildman–Crippen LogP) is 3.44. The van der Waals surface area contributed by atoms with Gasteiger partial charge in [-0.15, -0.1) is 0 Å². The summed E-state index contributed by atoms with van der Waals surface area (Å²) in [6.07, 6.45) is -3.63. The highest BCUT2D eigenvalue weighted by atomic mass is 19.4. The average molecular weight is 372 g/mol. The Bertz CT molecular complexity index is 727. The molecule has 26 heavy (non-hydrogen) atoms. The molecular weight excluding hydrogens is 353 g/mol. The van der Waals surface area contributed by atoms with Gasteiger partial charge >= 0.3 is 18.2 Å². The molecule has 1 aliphatic heterocycles. The second kappa shape index (κ2) is 6.37. The minimum atomic E-state index is -4.55. The van der Waals surface area contributed by atoms with E-state index in [0.29, 0.717) is 32.4 Å². The summed E-state index contributed by atoms with van der Waals surface area (Å²) in [6.45, 7) is 0.754. The number of alkyl halides is 3. The Hall–Kier alpha value is -2.45. The van der Waals surface area contributed by atoms with Crippen LogP contribution in [-0.4, -0.2) is 48.3 Å². The maximum atomic E-state index is 13.3. The lowest BCUT2D eigenvalue weighted by molar-refractivity contribution is -0.137. The largest absolute Gasteiger partial charge is 0.465 e. The summed E-state index contributed by atoms with van der Waals surface area (Å²) in [5.41, 5.74) is -1.13. The van der Waals surface area contributed by atoms with E-state index in [2.05, 4.69) is 10.1 Å². The number of methoxy groups -OCH3 is 1. The number of anilines is 1. The minimum absolute atomic E-state index is 0.0402. The fourth-order valence-corrected chi connectivity index (χ4v) is 3.59. The molecule has 6 nitrogen and oxygen atoms in total. The number of carbonyl (C=O) groups is 2.